The summed E-state index contributed by atoms with van der Waals surface area (Å²) in [5, 5.41) is 122. The van der Waals surface area contributed by atoms with Gasteiger partial charge < -0.3 is 94.4 Å². The first-order chi connectivity index (χ1) is 19.8. The molecule has 4 aliphatic heterocycles. The lowest BCUT2D eigenvalue weighted by atomic mass is 9.97. The summed E-state index contributed by atoms with van der Waals surface area (Å²) in [6.07, 6.45) is -30.8. The van der Waals surface area contributed by atoms with Crippen LogP contribution in [0.15, 0.2) is 0 Å². The third kappa shape index (κ3) is 6.74. The van der Waals surface area contributed by atoms with E-state index in [1.54, 1.807) is 0 Å². The highest BCUT2D eigenvalue weighted by molar-refractivity contribution is 4.96. The lowest BCUT2D eigenvalue weighted by Crippen LogP contribution is -2.65. The number of rotatable bonds is 9. The number of ether oxygens (including phenoxy) is 7. The molecule has 0 radical (unpaired) electrons. The first-order valence-corrected chi connectivity index (χ1v) is 13.4. The minimum absolute atomic E-state index is 0.576. The van der Waals surface area contributed by atoms with Crippen LogP contribution < -0.4 is 0 Å². The standard InChI is InChI=1S/C23H40O19/c1-5-9(26)13(30)17(34)21(37-5)36-4-8-12(29)14(31)18(20(35)38-8)41-23-19(15(32)10(27)6(2-24)40-23)42-22-16(33)11(28)7(3-25)39-22/h5-35H,2-4H2,1H3/t5-,6+,7+,8+,9-,10+,11+,12+,13+,14-,15-,16-,17+,18+,19-,20+,21+,22+,23+/m0/s1. The fourth-order valence-electron chi connectivity index (χ4n) is 5.14. The van der Waals surface area contributed by atoms with E-state index in [0.29, 0.717) is 0 Å². The highest BCUT2D eigenvalue weighted by atomic mass is 16.8. The zero-order valence-corrected chi connectivity index (χ0v) is 22.3. The normalized spacial score (nSPS) is 53.8. The van der Waals surface area contributed by atoms with Crippen LogP contribution in [-0.4, -0.2) is 198 Å². The van der Waals surface area contributed by atoms with Gasteiger partial charge in [-0.2, -0.15) is 0 Å². The summed E-state index contributed by atoms with van der Waals surface area (Å²) in [5.74, 6) is 0. The molecular weight excluding hydrogens is 580 g/mol. The topological polar surface area (TPSA) is 307 Å². The average Bonchev–Trinajstić information content (AvgIpc) is 3.24. The Morgan fingerprint density at radius 3 is 1.60 bits per heavy atom. The number of hydrogen-bond donors (Lipinski definition) is 12. The SMILES string of the molecule is C[C@@H]1O[C@@H](OC[C@H]2O[C@@H](O)[C@H](O[C@H]3O[C@H](CO)[C@@H](O)[C@H](O)[C@@H]3O[C@H]3O[C@H](CO)[C@@H](O)[C@@H]3O)[C@@H](O)[C@@H]2O)[C@H](O)[C@H](O)[C@H]1O. The molecule has 4 heterocycles. The number of hydrogen-bond acceptors (Lipinski definition) is 19. The van der Waals surface area contributed by atoms with Gasteiger partial charge in [0.25, 0.3) is 0 Å². The summed E-state index contributed by atoms with van der Waals surface area (Å²) < 4.78 is 37.8. The van der Waals surface area contributed by atoms with Crippen LogP contribution in [0, 0.1) is 0 Å². The molecule has 4 aliphatic rings. The van der Waals surface area contributed by atoms with Gasteiger partial charge in [-0.25, -0.2) is 0 Å². The summed E-state index contributed by atoms with van der Waals surface area (Å²) in [6.45, 7) is -0.656. The van der Waals surface area contributed by atoms with Gasteiger partial charge in [0, 0.05) is 0 Å². The first kappa shape index (κ1) is 34.1. The Kier molecular flexibility index (Phi) is 11.5. The van der Waals surface area contributed by atoms with E-state index in [9.17, 15) is 61.3 Å². The molecule has 19 heteroatoms. The molecule has 0 saturated carbocycles. The van der Waals surface area contributed by atoms with Crippen molar-refractivity contribution in [2.45, 2.75) is 124 Å². The summed E-state index contributed by atoms with van der Waals surface area (Å²) in [7, 11) is 0. The van der Waals surface area contributed by atoms with Crippen molar-refractivity contribution in [1.82, 2.24) is 0 Å². The summed E-state index contributed by atoms with van der Waals surface area (Å²) in [5.41, 5.74) is 0. The monoisotopic (exact) mass is 620 g/mol. The fraction of sp³-hybridized carbons (Fsp3) is 1.00. The Labute approximate surface area is 238 Å². The molecule has 0 aromatic heterocycles. The molecule has 246 valence electrons. The molecule has 4 rings (SSSR count). The van der Waals surface area contributed by atoms with Gasteiger partial charge in [-0.3, -0.25) is 0 Å². The minimum Gasteiger partial charge on any atom is -0.394 e. The van der Waals surface area contributed by atoms with Crippen LogP contribution in [0.1, 0.15) is 6.92 Å². The smallest absolute Gasteiger partial charge is 0.187 e. The maximum atomic E-state index is 10.8. The van der Waals surface area contributed by atoms with E-state index in [0.717, 1.165) is 0 Å². The van der Waals surface area contributed by atoms with Crippen LogP contribution in [0.2, 0.25) is 0 Å². The molecule has 42 heavy (non-hydrogen) atoms. The van der Waals surface area contributed by atoms with E-state index < -0.39 is 137 Å². The van der Waals surface area contributed by atoms with E-state index >= 15 is 0 Å². The Hall–Kier alpha value is -0.760. The van der Waals surface area contributed by atoms with Crippen molar-refractivity contribution in [1.29, 1.82) is 0 Å². The average molecular weight is 621 g/mol. The van der Waals surface area contributed by atoms with Gasteiger partial charge in [0.2, 0.25) is 0 Å². The molecule has 0 spiro atoms. The maximum absolute atomic E-state index is 10.8. The van der Waals surface area contributed by atoms with Crippen LogP contribution in [0.25, 0.3) is 0 Å². The van der Waals surface area contributed by atoms with E-state index in [1.165, 1.54) is 6.92 Å². The predicted octanol–water partition coefficient (Wildman–Crippen LogP) is -8.08. The van der Waals surface area contributed by atoms with Crippen molar-refractivity contribution in [2.24, 2.45) is 0 Å². The summed E-state index contributed by atoms with van der Waals surface area (Å²) >= 11 is 0. The predicted molar refractivity (Wildman–Crippen MR) is 126 cm³/mol. The van der Waals surface area contributed by atoms with Gasteiger partial charge >= 0.3 is 0 Å². The van der Waals surface area contributed by atoms with Gasteiger partial charge in [0.05, 0.1) is 25.9 Å². The van der Waals surface area contributed by atoms with Crippen molar-refractivity contribution in [3.05, 3.63) is 0 Å². The highest BCUT2D eigenvalue weighted by Crippen LogP contribution is 2.33. The van der Waals surface area contributed by atoms with Crippen LogP contribution in [0.3, 0.4) is 0 Å². The molecule has 4 saturated heterocycles. The maximum Gasteiger partial charge on any atom is 0.187 e. The van der Waals surface area contributed by atoms with Crippen LogP contribution in [0.5, 0.6) is 0 Å². The molecular formula is C23H40O19. The van der Waals surface area contributed by atoms with Crippen LogP contribution in [0.4, 0.5) is 0 Å². The molecule has 0 aromatic rings. The molecule has 19 nitrogen and oxygen atoms in total. The molecule has 19 atom stereocenters. The molecule has 12 N–H and O–H groups in total. The fourth-order valence-corrected chi connectivity index (χ4v) is 5.14. The van der Waals surface area contributed by atoms with Crippen LogP contribution in [-0.2, 0) is 33.2 Å². The largest absolute Gasteiger partial charge is 0.394 e. The van der Waals surface area contributed by atoms with E-state index in [4.69, 9.17) is 33.2 Å². The molecule has 0 amide bonds. The van der Waals surface area contributed by atoms with Gasteiger partial charge in [-0.1, -0.05) is 0 Å². The van der Waals surface area contributed by atoms with Gasteiger partial charge in [0.1, 0.15) is 85.5 Å². The van der Waals surface area contributed by atoms with E-state index in [-0.39, 0.29) is 0 Å². The van der Waals surface area contributed by atoms with Crippen molar-refractivity contribution >= 4 is 0 Å². The second-order valence-electron chi connectivity index (χ2n) is 10.7. The van der Waals surface area contributed by atoms with Crippen molar-refractivity contribution < 1.29 is 94.4 Å². The van der Waals surface area contributed by atoms with Crippen molar-refractivity contribution in [2.75, 3.05) is 19.8 Å². The lowest BCUT2D eigenvalue weighted by molar-refractivity contribution is -0.380. The summed E-state index contributed by atoms with van der Waals surface area (Å²) in [4.78, 5) is 0. The Balaban J connectivity index is 1.42. The Morgan fingerprint density at radius 2 is 0.976 bits per heavy atom. The van der Waals surface area contributed by atoms with Crippen molar-refractivity contribution in [3.63, 3.8) is 0 Å². The highest BCUT2D eigenvalue weighted by Gasteiger charge is 2.54. The quantitative estimate of drug-likeness (QED) is 0.114. The number of aliphatic hydroxyl groups is 12. The molecule has 0 unspecified atom stereocenters. The van der Waals surface area contributed by atoms with Gasteiger partial charge in [0.15, 0.2) is 25.2 Å². The third-order valence-electron chi connectivity index (χ3n) is 7.80. The minimum atomic E-state index is -1.99. The lowest BCUT2D eigenvalue weighted by Gasteiger charge is -2.46. The number of aliphatic hydroxyl groups excluding tert-OH is 12. The van der Waals surface area contributed by atoms with Crippen LogP contribution >= 0.6 is 0 Å². The molecule has 4 fully saturated rings. The third-order valence-corrected chi connectivity index (χ3v) is 7.80. The zero-order chi connectivity index (χ0) is 31.0. The van der Waals surface area contributed by atoms with Gasteiger partial charge in [-0.05, 0) is 6.92 Å². The molecule has 0 bridgehead atoms. The van der Waals surface area contributed by atoms with Crippen molar-refractivity contribution in [3.8, 4) is 0 Å². The second-order valence-corrected chi connectivity index (χ2v) is 10.7. The Bertz CT molecular complexity index is 855. The van der Waals surface area contributed by atoms with E-state index in [1.807, 2.05) is 0 Å². The van der Waals surface area contributed by atoms with E-state index in [2.05, 4.69) is 0 Å². The van der Waals surface area contributed by atoms with Gasteiger partial charge in [-0.15, -0.1) is 0 Å². The molecule has 0 aliphatic carbocycles. The zero-order valence-electron chi connectivity index (χ0n) is 22.3. The molecule has 0 aromatic carbocycles. The first-order valence-electron chi connectivity index (χ1n) is 13.4. The Morgan fingerprint density at radius 1 is 0.476 bits per heavy atom. The summed E-state index contributed by atoms with van der Waals surface area (Å²) in [6, 6.07) is 0. The second kappa shape index (κ2) is 14.1.